The van der Waals surface area contributed by atoms with E-state index >= 15 is 0 Å². The lowest BCUT2D eigenvalue weighted by molar-refractivity contribution is -0.0165. The maximum atomic E-state index is 5.68. The summed E-state index contributed by atoms with van der Waals surface area (Å²) in [6.45, 7) is 18.0. The molecule has 0 saturated carbocycles. The summed E-state index contributed by atoms with van der Waals surface area (Å²) in [4.78, 5) is 0. The van der Waals surface area contributed by atoms with Crippen molar-refractivity contribution < 1.29 is 18.9 Å². The van der Waals surface area contributed by atoms with E-state index in [9.17, 15) is 0 Å². The van der Waals surface area contributed by atoms with Gasteiger partial charge in [-0.3, -0.25) is 0 Å². The molecule has 0 spiro atoms. The van der Waals surface area contributed by atoms with E-state index in [0.29, 0.717) is 52.8 Å². The number of nitrogens with zero attached hydrogens (tertiary/aromatic N) is 3. The molecule has 1 aromatic heterocycles. The maximum Gasteiger partial charge on any atom is 0.108 e. The van der Waals surface area contributed by atoms with Crippen LogP contribution in [0.4, 0.5) is 0 Å². The first-order chi connectivity index (χ1) is 12.7. The summed E-state index contributed by atoms with van der Waals surface area (Å²) in [7, 11) is 0. The van der Waals surface area contributed by atoms with E-state index < -0.39 is 0 Å². The number of hydrogen-bond donors (Lipinski definition) is 1. The average molecular weight is 387 g/mol. The Labute approximate surface area is 163 Å². The van der Waals surface area contributed by atoms with Crippen LogP contribution in [0.25, 0.3) is 0 Å². The third-order valence-electron chi connectivity index (χ3n) is 3.35. The summed E-state index contributed by atoms with van der Waals surface area (Å²) >= 11 is 0. The van der Waals surface area contributed by atoms with Crippen LogP contribution in [0, 0.1) is 0 Å². The van der Waals surface area contributed by atoms with Crippen molar-refractivity contribution in [1.82, 2.24) is 20.3 Å². The molecular weight excluding hydrogens is 348 g/mol. The van der Waals surface area contributed by atoms with Gasteiger partial charge in [-0.2, -0.15) is 0 Å². The second-order valence-corrected chi connectivity index (χ2v) is 8.39. The third-order valence-corrected chi connectivity index (χ3v) is 3.35. The van der Waals surface area contributed by atoms with Gasteiger partial charge in [0.05, 0.1) is 64.6 Å². The monoisotopic (exact) mass is 386 g/mol. The Balaban J connectivity index is 1.91. The van der Waals surface area contributed by atoms with Crippen LogP contribution in [0.5, 0.6) is 0 Å². The number of nitrogens with one attached hydrogen (secondary N) is 1. The molecule has 0 atom stereocenters. The molecule has 8 heteroatoms. The molecule has 0 aromatic carbocycles. The fraction of sp³-hybridized carbons (Fsp3) is 0.895. The molecule has 1 rings (SSSR count). The minimum Gasteiger partial charge on any atom is -0.378 e. The van der Waals surface area contributed by atoms with Crippen molar-refractivity contribution in [3.05, 3.63) is 11.9 Å². The van der Waals surface area contributed by atoms with Crippen LogP contribution < -0.4 is 5.32 Å². The van der Waals surface area contributed by atoms with Gasteiger partial charge in [0, 0.05) is 12.1 Å². The lowest BCUT2D eigenvalue weighted by atomic mass is 10.1. The Hall–Kier alpha value is -1.06. The largest absolute Gasteiger partial charge is 0.378 e. The van der Waals surface area contributed by atoms with Gasteiger partial charge in [0.1, 0.15) is 5.69 Å². The summed E-state index contributed by atoms with van der Waals surface area (Å²) in [6.07, 6.45) is 1.89. The molecule has 0 amide bonds. The molecule has 0 aliphatic heterocycles. The summed E-state index contributed by atoms with van der Waals surface area (Å²) in [5, 5.41) is 11.5. The van der Waals surface area contributed by atoms with Crippen LogP contribution in [0.1, 0.15) is 47.2 Å². The van der Waals surface area contributed by atoms with Gasteiger partial charge in [0.15, 0.2) is 0 Å². The van der Waals surface area contributed by atoms with E-state index in [0.717, 1.165) is 12.2 Å². The van der Waals surface area contributed by atoms with Gasteiger partial charge >= 0.3 is 0 Å². The van der Waals surface area contributed by atoms with Crippen molar-refractivity contribution in [3.63, 3.8) is 0 Å². The average Bonchev–Trinajstić information content (AvgIpc) is 3.00. The zero-order valence-corrected chi connectivity index (χ0v) is 17.9. The van der Waals surface area contributed by atoms with Gasteiger partial charge in [-0.05, 0) is 41.5 Å². The topological polar surface area (TPSA) is 79.7 Å². The van der Waals surface area contributed by atoms with Gasteiger partial charge < -0.3 is 24.3 Å². The molecule has 0 aliphatic rings. The highest BCUT2D eigenvalue weighted by Crippen LogP contribution is 2.09. The number of hydrogen-bond acceptors (Lipinski definition) is 7. The predicted octanol–water partition coefficient (Wildman–Crippen LogP) is 2.03. The fourth-order valence-electron chi connectivity index (χ4n) is 2.00. The van der Waals surface area contributed by atoms with Crippen LogP contribution in [-0.2, 0) is 32.1 Å². The molecule has 0 saturated heterocycles. The molecule has 158 valence electrons. The molecule has 0 aliphatic carbocycles. The molecule has 1 N–H and O–H groups in total. The Morgan fingerprint density at radius 1 is 0.889 bits per heavy atom. The highest BCUT2D eigenvalue weighted by molar-refractivity contribution is 4.90. The van der Waals surface area contributed by atoms with Crippen LogP contribution in [0.2, 0.25) is 0 Å². The van der Waals surface area contributed by atoms with Gasteiger partial charge in [0.2, 0.25) is 0 Å². The Morgan fingerprint density at radius 2 is 1.48 bits per heavy atom. The highest BCUT2D eigenvalue weighted by atomic mass is 16.5. The Bertz CT molecular complexity index is 495. The van der Waals surface area contributed by atoms with Crippen molar-refractivity contribution in [2.24, 2.45) is 0 Å². The Kier molecular flexibility index (Phi) is 11.0. The fourth-order valence-corrected chi connectivity index (χ4v) is 2.00. The molecule has 0 bridgehead atoms. The minimum absolute atomic E-state index is 0.130. The van der Waals surface area contributed by atoms with Crippen LogP contribution in [-0.4, -0.2) is 72.3 Å². The standard InChI is InChI=1S/C19H38N4O4/c1-18(2,3)20-7-9-24-11-13-26-14-12-25-10-8-23-15-17(21-22-23)16-27-19(4,5)6/h15,20H,7-14,16H2,1-6H3. The summed E-state index contributed by atoms with van der Waals surface area (Å²) in [6, 6.07) is 0. The van der Waals surface area contributed by atoms with Gasteiger partial charge in [-0.15, -0.1) is 5.10 Å². The first-order valence-corrected chi connectivity index (χ1v) is 9.67. The summed E-state index contributed by atoms with van der Waals surface area (Å²) in [5.41, 5.74) is 0.776. The van der Waals surface area contributed by atoms with Gasteiger partial charge in [0.25, 0.3) is 0 Å². The van der Waals surface area contributed by atoms with E-state index in [1.54, 1.807) is 4.68 Å². The summed E-state index contributed by atoms with van der Waals surface area (Å²) < 4.78 is 24.0. The molecule has 1 aromatic rings. The minimum atomic E-state index is -0.179. The van der Waals surface area contributed by atoms with Crippen molar-refractivity contribution in [2.75, 3.05) is 46.2 Å². The smallest absolute Gasteiger partial charge is 0.108 e. The third kappa shape index (κ3) is 14.6. The number of rotatable bonds is 14. The van der Waals surface area contributed by atoms with Crippen molar-refractivity contribution in [3.8, 4) is 0 Å². The predicted molar refractivity (Wildman–Crippen MR) is 105 cm³/mol. The van der Waals surface area contributed by atoms with E-state index in [1.165, 1.54) is 0 Å². The zero-order valence-electron chi connectivity index (χ0n) is 17.9. The van der Waals surface area contributed by atoms with Crippen LogP contribution >= 0.6 is 0 Å². The van der Waals surface area contributed by atoms with E-state index in [4.69, 9.17) is 18.9 Å². The quantitative estimate of drug-likeness (QED) is 0.490. The summed E-state index contributed by atoms with van der Waals surface area (Å²) in [5.74, 6) is 0. The Morgan fingerprint density at radius 3 is 2.07 bits per heavy atom. The highest BCUT2D eigenvalue weighted by Gasteiger charge is 2.11. The van der Waals surface area contributed by atoms with E-state index in [2.05, 4.69) is 36.4 Å². The molecule has 8 nitrogen and oxygen atoms in total. The molecular formula is C19H38N4O4. The van der Waals surface area contributed by atoms with E-state index in [1.807, 2.05) is 27.0 Å². The SMILES string of the molecule is CC(C)(C)NCCOCCOCCOCCn1cc(COC(C)(C)C)nn1. The van der Waals surface area contributed by atoms with Crippen molar-refractivity contribution in [1.29, 1.82) is 0 Å². The molecule has 0 unspecified atom stereocenters. The van der Waals surface area contributed by atoms with Gasteiger partial charge in [-0.25, -0.2) is 4.68 Å². The molecule has 1 heterocycles. The molecule has 0 fully saturated rings. The van der Waals surface area contributed by atoms with Gasteiger partial charge in [-0.1, -0.05) is 5.21 Å². The second kappa shape index (κ2) is 12.4. The first-order valence-electron chi connectivity index (χ1n) is 9.67. The van der Waals surface area contributed by atoms with Crippen molar-refractivity contribution >= 4 is 0 Å². The van der Waals surface area contributed by atoms with E-state index in [-0.39, 0.29) is 11.1 Å². The van der Waals surface area contributed by atoms with Crippen LogP contribution in [0.3, 0.4) is 0 Å². The lowest BCUT2D eigenvalue weighted by Crippen LogP contribution is -2.38. The number of aromatic nitrogens is 3. The normalized spacial score (nSPS) is 12.7. The maximum absolute atomic E-state index is 5.68. The molecule has 0 radical (unpaired) electrons. The first kappa shape index (κ1) is 24.0. The second-order valence-electron chi connectivity index (χ2n) is 8.39. The lowest BCUT2D eigenvalue weighted by Gasteiger charge is -2.20. The molecule has 27 heavy (non-hydrogen) atoms. The number of ether oxygens (including phenoxy) is 4. The van der Waals surface area contributed by atoms with Crippen LogP contribution in [0.15, 0.2) is 6.20 Å². The zero-order chi connectivity index (χ0) is 20.2. The van der Waals surface area contributed by atoms with Crippen molar-refractivity contribution in [2.45, 2.75) is 65.8 Å².